The molecule has 1 amide bonds. The minimum atomic E-state index is -4.77. The summed E-state index contributed by atoms with van der Waals surface area (Å²) in [6.07, 6.45) is -0.0922. The van der Waals surface area contributed by atoms with Gasteiger partial charge in [-0.05, 0) is 31.2 Å². The Balaban J connectivity index is 1.62. The van der Waals surface area contributed by atoms with Gasteiger partial charge in [0.25, 0.3) is 5.91 Å². The maximum absolute atomic E-state index is 13.5. The second kappa shape index (κ2) is 8.26. The van der Waals surface area contributed by atoms with Crippen molar-refractivity contribution in [1.29, 1.82) is 0 Å². The van der Waals surface area contributed by atoms with Gasteiger partial charge in [0, 0.05) is 17.4 Å². The van der Waals surface area contributed by atoms with E-state index in [9.17, 15) is 22.4 Å². The zero-order chi connectivity index (χ0) is 23.8. The molecule has 0 spiro atoms. The molecule has 3 heterocycles. The summed E-state index contributed by atoms with van der Waals surface area (Å²) in [5, 5.41) is 9.68. The minimum Gasteiger partial charge on any atom is -0.398 e. The zero-order valence-electron chi connectivity index (χ0n) is 16.8. The summed E-state index contributed by atoms with van der Waals surface area (Å²) in [7, 11) is 0. The summed E-state index contributed by atoms with van der Waals surface area (Å²) in [5.74, 6) is -1.64. The van der Waals surface area contributed by atoms with Crippen LogP contribution in [0.25, 0.3) is 17.2 Å². The van der Waals surface area contributed by atoms with Crippen molar-refractivity contribution in [1.82, 2.24) is 29.9 Å². The lowest BCUT2D eigenvalue weighted by atomic mass is 10.1. The number of amides is 1. The Morgan fingerprint density at radius 1 is 1.09 bits per heavy atom. The van der Waals surface area contributed by atoms with Gasteiger partial charge in [-0.1, -0.05) is 0 Å². The predicted octanol–water partition coefficient (Wildman–Crippen LogP) is 3.42. The van der Waals surface area contributed by atoms with Gasteiger partial charge in [-0.2, -0.15) is 23.4 Å². The molecule has 0 atom stereocenters. The van der Waals surface area contributed by atoms with Gasteiger partial charge in [0.2, 0.25) is 0 Å². The number of hydrogen-bond acceptors (Lipinski definition) is 7. The van der Waals surface area contributed by atoms with Crippen LogP contribution in [0.2, 0.25) is 0 Å². The Labute approximate surface area is 183 Å². The molecule has 33 heavy (non-hydrogen) atoms. The maximum atomic E-state index is 13.5. The number of aromatic nitrogens is 6. The number of pyridine rings is 1. The van der Waals surface area contributed by atoms with Crippen molar-refractivity contribution in [2.24, 2.45) is 0 Å². The minimum absolute atomic E-state index is 0.0193. The van der Waals surface area contributed by atoms with Gasteiger partial charge >= 0.3 is 6.18 Å². The van der Waals surface area contributed by atoms with Crippen LogP contribution in [0, 0.1) is 12.7 Å². The van der Waals surface area contributed by atoms with Crippen LogP contribution in [0.4, 0.5) is 28.9 Å². The van der Waals surface area contributed by atoms with Gasteiger partial charge in [0.15, 0.2) is 11.6 Å². The highest BCUT2D eigenvalue weighted by Gasteiger charge is 2.36. The van der Waals surface area contributed by atoms with Crippen molar-refractivity contribution in [2.45, 2.75) is 13.1 Å². The SMILES string of the molecule is Cc1nc(-c2ccc(F)cc2N)ncc1C(=O)Nc1cnc(-n2nccn2)c(C(F)(F)F)c1. The molecule has 0 radical (unpaired) electrons. The Kier molecular flexibility index (Phi) is 5.45. The third-order valence-electron chi connectivity index (χ3n) is 4.52. The van der Waals surface area contributed by atoms with Crippen molar-refractivity contribution < 1.29 is 22.4 Å². The normalized spacial score (nSPS) is 11.4. The topological polar surface area (TPSA) is 124 Å². The fourth-order valence-electron chi connectivity index (χ4n) is 2.97. The highest BCUT2D eigenvalue weighted by molar-refractivity contribution is 6.04. The van der Waals surface area contributed by atoms with Crippen molar-refractivity contribution in [3.63, 3.8) is 0 Å². The second-order valence-electron chi connectivity index (χ2n) is 6.79. The van der Waals surface area contributed by atoms with Crippen molar-refractivity contribution in [2.75, 3.05) is 11.1 Å². The highest BCUT2D eigenvalue weighted by Crippen LogP contribution is 2.34. The average Bonchev–Trinajstić information content (AvgIpc) is 3.27. The van der Waals surface area contributed by atoms with Crippen LogP contribution in [-0.2, 0) is 6.18 Å². The van der Waals surface area contributed by atoms with Crippen molar-refractivity contribution in [3.8, 4) is 17.2 Å². The number of benzene rings is 1. The largest absolute Gasteiger partial charge is 0.420 e. The quantitative estimate of drug-likeness (QED) is 0.355. The molecule has 4 aromatic rings. The van der Waals surface area contributed by atoms with E-state index in [1.165, 1.54) is 37.6 Å². The molecule has 0 fully saturated rings. The number of carbonyl (C=O) groups is 1. The third kappa shape index (κ3) is 4.46. The van der Waals surface area contributed by atoms with E-state index < -0.39 is 29.3 Å². The molecule has 0 saturated heterocycles. The Bertz CT molecular complexity index is 1340. The van der Waals surface area contributed by atoms with Crippen molar-refractivity contribution in [3.05, 3.63) is 71.7 Å². The van der Waals surface area contributed by atoms with E-state index in [-0.39, 0.29) is 28.5 Å². The van der Waals surface area contributed by atoms with Gasteiger partial charge in [0.05, 0.1) is 35.5 Å². The average molecular weight is 458 g/mol. The summed E-state index contributed by atoms with van der Waals surface area (Å²) in [5.41, 5.74) is 5.20. The molecular weight excluding hydrogens is 444 g/mol. The van der Waals surface area contributed by atoms with Gasteiger partial charge < -0.3 is 11.1 Å². The predicted molar refractivity (Wildman–Crippen MR) is 109 cm³/mol. The molecule has 0 unspecified atom stereocenters. The molecule has 0 aliphatic carbocycles. The first-order chi connectivity index (χ1) is 15.6. The number of aryl methyl sites for hydroxylation is 1. The van der Waals surface area contributed by atoms with Crippen LogP contribution < -0.4 is 11.1 Å². The fourth-order valence-corrected chi connectivity index (χ4v) is 2.97. The molecule has 4 rings (SSSR count). The third-order valence-corrected chi connectivity index (χ3v) is 4.52. The Morgan fingerprint density at radius 2 is 1.82 bits per heavy atom. The first-order valence-electron chi connectivity index (χ1n) is 9.28. The molecule has 13 heteroatoms. The van der Waals surface area contributed by atoms with Gasteiger partial charge in [0.1, 0.15) is 11.4 Å². The molecule has 3 aromatic heterocycles. The van der Waals surface area contributed by atoms with Gasteiger partial charge in [-0.3, -0.25) is 4.79 Å². The lowest BCUT2D eigenvalue weighted by Gasteiger charge is -2.14. The maximum Gasteiger partial charge on any atom is 0.420 e. The lowest BCUT2D eigenvalue weighted by molar-refractivity contribution is -0.137. The summed E-state index contributed by atoms with van der Waals surface area (Å²) in [6, 6.07) is 4.44. The molecule has 0 saturated carbocycles. The van der Waals surface area contributed by atoms with Crippen molar-refractivity contribution >= 4 is 17.3 Å². The van der Waals surface area contributed by atoms with Crippen LogP contribution in [0.1, 0.15) is 21.6 Å². The molecule has 0 bridgehead atoms. The number of halogens is 4. The van der Waals surface area contributed by atoms with Crippen LogP contribution in [0.15, 0.2) is 49.1 Å². The zero-order valence-corrected chi connectivity index (χ0v) is 16.8. The van der Waals surface area contributed by atoms with Gasteiger partial charge in [-0.25, -0.2) is 19.3 Å². The molecule has 168 valence electrons. The summed E-state index contributed by atoms with van der Waals surface area (Å²) in [6.45, 7) is 1.52. The first kappa shape index (κ1) is 21.8. The number of nitrogens with one attached hydrogen (secondary N) is 1. The molecule has 0 aliphatic heterocycles. The molecule has 3 N–H and O–H groups in total. The van der Waals surface area contributed by atoms with E-state index in [0.717, 1.165) is 23.1 Å². The van der Waals surface area contributed by atoms with Crippen LogP contribution >= 0.6 is 0 Å². The van der Waals surface area contributed by atoms with E-state index in [0.29, 0.717) is 5.56 Å². The van der Waals surface area contributed by atoms with E-state index in [1.807, 2.05) is 0 Å². The molecule has 9 nitrogen and oxygen atoms in total. The monoisotopic (exact) mass is 458 g/mol. The Morgan fingerprint density at radius 3 is 2.45 bits per heavy atom. The number of rotatable bonds is 4. The summed E-state index contributed by atoms with van der Waals surface area (Å²) in [4.78, 5) is 25.4. The number of hydrogen-bond donors (Lipinski definition) is 2. The number of nitrogens with zero attached hydrogens (tertiary/aromatic N) is 6. The first-order valence-corrected chi connectivity index (χ1v) is 9.28. The van der Waals surface area contributed by atoms with Crippen LogP contribution in [0.3, 0.4) is 0 Å². The van der Waals surface area contributed by atoms with Crippen LogP contribution in [-0.4, -0.2) is 35.9 Å². The molecule has 0 aliphatic rings. The lowest BCUT2D eigenvalue weighted by Crippen LogP contribution is -2.18. The smallest absolute Gasteiger partial charge is 0.398 e. The summed E-state index contributed by atoms with van der Waals surface area (Å²) >= 11 is 0. The fraction of sp³-hybridized carbons (Fsp3) is 0.100. The number of carbonyl (C=O) groups excluding carboxylic acids is 1. The summed E-state index contributed by atoms with van der Waals surface area (Å²) < 4.78 is 53.9. The number of alkyl halides is 3. The molecule has 1 aromatic carbocycles. The van der Waals surface area contributed by atoms with Gasteiger partial charge in [-0.15, -0.1) is 4.80 Å². The standard InChI is InChI=1S/C20H14F4N8O/c1-10-14(9-26-17(30-10)13-3-2-11(21)6-16(13)25)19(33)31-12-7-15(20(22,23)24)18(27-8-12)32-28-4-5-29-32/h2-9H,25H2,1H3,(H,31,33). The number of nitrogens with two attached hydrogens (primary N) is 1. The van der Waals surface area contributed by atoms with E-state index in [1.54, 1.807) is 0 Å². The molecular formula is C20H14F4N8O. The van der Waals surface area contributed by atoms with E-state index in [2.05, 4.69) is 30.5 Å². The Hall–Kier alpha value is -4.42. The highest BCUT2D eigenvalue weighted by atomic mass is 19.4. The number of anilines is 2. The second-order valence-corrected chi connectivity index (χ2v) is 6.79. The van der Waals surface area contributed by atoms with E-state index >= 15 is 0 Å². The van der Waals surface area contributed by atoms with Crippen LogP contribution in [0.5, 0.6) is 0 Å². The van der Waals surface area contributed by atoms with E-state index in [4.69, 9.17) is 5.73 Å². The number of nitrogen functional groups attached to an aromatic ring is 1.